The summed E-state index contributed by atoms with van der Waals surface area (Å²) in [5, 5.41) is 6.44. The summed E-state index contributed by atoms with van der Waals surface area (Å²) in [5.41, 5.74) is 7.15. The molecule has 1 amide bonds. The summed E-state index contributed by atoms with van der Waals surface area (Å²) < 4.78 is 0. The molecular weight excluding hydrogens is 430 g/mol. The summed E-state index contributed by atoms with van der Waals surface area (Å²) >= 11 is 1.66. The quantitative estimate of drug-likeness (QED) is 0.637. The number of hydrogen-bond acceptors (Lipinski definition) is 5. The van der Waals surface area contributed by atoms with E-state index in [1.54, 1.807) is 11.8 Å². The first-order valence-electron chi connectivity index (χ1n) is 11.7. The van der Waals surface area contributed by atoms with Gasteiger partial charge in [-0.05, 0) is 47.8 Å². The number of nitrogens with zero attached hydrogens (tertiary/aromatic N) is 1. The molecule has 5 rings (SSSR count). The van der Waals surface area contributed by atoms with Crippen LogP contribution < -0.4 is 10.6 Å². The first-order valence-corrected chi connectivity index (χ1v) is 12.8. The standard InChI is InChI=1S/C27H29N3O2S/c31-25-18-33-17-22-16-29-24-8-7-21(15-23(24)26(22)25)27(32)28-11-4-12-30-13-9-20(10-14-30)19-5-2-1-3-6-19/h1-3,5-9,15,29H,4,10-14,16-18H2,(H,28,32). The van der Waals surface area contributed by atoms with Gasteiger partial charge in [-0.2, -0.15) is 0 Å². The van der Waals surface area contributed by atoms with Crippen LogP contribution in [0.15, 0.2) is 60.2 Å². The minimum atomic E-state index is -0.0759. The fourth-order valence-electron chi connectivity index (χ4n) is 4.77. The maximum atomic E-state index is 12.8. The number of nitrogens with one attached hydrogen (secondary N) is 2. The predicted octanol–water partition coefficient (Wildman–Crippen LogP) is 4.09. The molecule has 170 valence electrons. The van der Waals surface area contributed by atoms with E-state index >= 15 is 0 Å². The maximum absolute atomic E-state index is 12.8. The number of rotatable bonds is 6. The lowest BCUT2D eigenvalue weighted by molar-refractivity contribution is -0.111. The summed E-state index contributed by atoms with van der Waals surface area (Å²) in [7, 11) is 0. The van der Waals surface area contributed by atoms with Gasteiger partial charge in [0.1, 0.15) is 0 Å². The Hall–Kier alpha value is -2.83. The molecule has 3 aliphatic heterocycles. The summed E-state index contributed by atoms with van der Waals surface area (Å²) in [5.74, 6) is 1.50. The van der Waals surface area contributed by atoms with Crippen LogP contribution in [0.25, 0.3) is 11.1 Å². The van der Waals surface area contributed by atoms with Gasteiger partial charge in [0.2, 0.25) is 0 Å². The number of anilines is 1. The van der Waals surface area contributed by atoms with Crippen molar-refractivity contribution in [2.24, 2.45) is 0 Å². The first kappa shape index (κ1) is 22.0. The van der Waals surface area contributed by atoms with Crippen molar-refractivity contribution in [3.8, 4) is 0 Å². The SMILES string of the molecule is O=C1CSCC2=C1c1cc(C(=O)NCCCN3CC=C(c4ccccc4)CC3)ccc1NC2. The first-order chi connectivity index (χ1) is 16.2. The van der Waals surface area contributed by atoms with E-state index in [-0.39, 0.29) is 11.7 Å². The molecule has 2 N–H and O–H groups in total. The minimum absolute atomic E-state index is 0.0759. The van der Waals surface area contributed by atoms with Crippen molar-refractivity contribution in [3.63, 3.8) is 0 Å². The lowest BCUT2D eigenvalue weighted by atomic mass is 9.91. The third-order valence-electron chi connectivity index (χ3n) is 6.56. The minimum Gasteiger partial charge on any atom is -0.381 e. The lowest BCUT2D eigenvalue weighted by Crippen LogP contribution is -2.32. The van der Waals surface area contributed by atoms with Crippen LogP contribution in [0.3, 0.4) is 0 Å². The van der Waals surface area contributed by atoms with Crippen LogP contribution in [0.4, 0.5) is 5.69 Å². The number of benzene rings is 2. The highest BCUT2D eigenvalue weighted by Gasteiger charge is 2.28. The summed E-state index contributed by atoms with van der Waals surface area (Å²) in [6.45, 7) is 4.33. The second-order valence-electron chi connectivity index (χ2n) is 8.76. The highest BCUT2D eigenvalue weighted by atomic mass is 32.2. The molecule has 2 aromatic rings. The van der Waals surface area contributed by atoms with Gasteiger partial charge in [-0.1, -0.05) is 36.4 Å². The van der Waals surface area contributed by atoms with Crippen LogP contribution in [0.1, 0.15) is 34.3 Å². The van der Waals surface area contributed by atoms with Gasteiger partial charge >= 0.3 is 0 Å². The van der Waals surface area contributed by atoms with Gasteiger partial charge < -0.3 is 10.6 Å². The highest BCUT2D eigenvalue weighted by molar-refractivity contribution is 8.00. The number of fused-ring (bicyclic) bond motifs is 2. The van der Waals surface area contributed by atoms with Crippen molar-refractivity contribution in [1.82, 2.24) is 10.2 Å². The Balaban J connectivity index is 1.13. The molecule has 0 radical (unpaired) electrons. The van der Waals surface area contributed by atoms with E-state index < -0.39 is 0 Å². The van der Waals surface area contributed by atoms with Crippen molar-refractivity contribution >= 4 is 40.3 Å². The number of Topliss-reactive ketones (excluding diaryl/α,β-unsaturated/α-hetero) is 1. The average Bonchev–Trinajstić information content (AvgIpc) is 2.87. The van der Waals surface area contributed by atoms with Gasteiger partial charge in [0.25, 0.3) is 5.91 Å². The Morgan fingerprint density at radius 3 is 2.82 bits per heavy atom. The fraction of sp³-hybridized carbons (Fsp3) is 0.333. The lowest BCUT2D eigenvalue weighted by Gasteiger charge is -2.27. The molecule has 3 heterocycles. The van der Waals surface area contributed by atoms with Crippen LogP contribution >= 0.6 is 11.8 Å². The second kappa shape index (κ2) is 9.98. The molecular formula is C27H29N3O2S. The largest absolute Gasteiger partial charge is 0.381 e. The number of carbonyl (C=O) groups excluding carboxylic acids is 2. The van der Waals surface area contributed by atoms with Crippen molar-refractivity contribution in [2.45, 2.75) is 12.8 Å². The molecule has 6 heteroatoms. The number of ketones is 1. The molecule has 0 unspecified atom stereocenters. The van der Waals surface area contributed by atoms with Crippen molar-refractivity contribution in [1.29, 1.82) is 0 Å². The third kappa shape index (κ3) is 4.92. The zero-order valence-corrected chi connectivity index (χ0v) is 19.5. The van der Waals surface area contributed by atoms with Crippen molar-refractivity contribution in [2.75, 3.05) is 49.5 Å². The van der Waals surface area contributed by atoms with E-state index in [1.807, 2.05) is 18.2 Å². The van der Waals surface area contributed by atoms with E-state index in [9.17, 15) is 9.59 Å². The molecule has 0 bridgehead atoms. The molecule has 0 saturated heterocycles. The Morgan fingerprint density at radius 2 is 2.00 bits per heavy atom. The zero-order chi connectivity index (χ0) is 22.6. The smallest absolute Gasteiger partial charge is 0.251 e. The second-order valence-corrected chi connectivity index (χ2v) is 9.75. The summed E-state index contributed by atoms with van der Waals surface area (Å²) in [4.78, 5) is 27.7. The van der Waals surface area contributed by atoms with Crippen LogP contribution in [-0.4, -0.2) is 60.8 Å². The van der Waals surface area contributed by atoms with Gasteiger partial charge in [0, 0.05) is 60.9 Å². The fourth-order valence-corrected chi connectivity index (χ4v) is 5.70. The van der Waals surface area contributed by atoms with E-state index in [2.05, 4.69) is 51.9 Å². The number of thioether (sulfide) groups is 1. The summed E-state index contributed by atoms with van der Waals surface area (Å²) in [6.07, 6.45) is 4.30. The molecule has 0 atom stereocenters. The predicted molar refractivity (Wildman–Crippen MR) is 137 cm³/mol. The number of amides is 1. The molecule has 0 aliphatic carbocycles. The van der Waals surface area contributed by atoms with Crippen molar-refractivity contribution in [3.05, 3.63) is 76.9 Å². The molecule has 0 fully saturated rings. The molecule has 2 aromatic carbocycles. The van der Waals surface area contributed by atoms with E-state index in [0.29, 0.717) is 24.4 Å². The summed E-state index contributed by atoms with van der Waals surface area (Å²) in [6, 6.07) is 16.2. The topological polar surface area (TPSA) is 61.4 Å². The van der Waals surface area contributed by atoms with Crippen LogP contribution in [-0.2, 0) is 4.79 Å². The molecule has 3 aliphatic rings. The van der Waals surface area contributed by atoms with Crippen LogP contribution in [0, 0.1) is 0 Å². The molecule has 0 aromatic heterocycles. The van der Waals surface area contributed by atoms with Gasteiger partial charge in [0.05, 0.1) is 5.75 Å². The van der Waals surface area contributed by atoms with Gasteiger partial charge in [-0.15, -0.1) is 11.8 Å². The monoisotopic (exact) mass is 459 g/mol. The van der Waals surface area contributed by atoms with Gasteiger partial charge in [-0.25, -0.2) is 0 Å². The van der Waals surface area contributed by atoms with E-state index in [1.165, 1.54) is 11.1 Å². The molecule has 33 heavy (non-hydrogen) atoms. The highest BCUT2D eigenvalue weighted by Crippen LogP contribution is 2.37. The zero-order valence-electron chi connectivity index (χ0n) is 18.7. The van der Waals surface area contributed by atoms with Crippen molar-refractivity contribution < 1.29 is 9.59 Å². The van der Waals surface area contributed by atoms with E-state index in [0.717, 1.165) is 60.6 Å². The average molecular weight is 460 g/mol. The van der Waals surface area contributed by atoms with Gasteiger partial charge in [-0.3, -0.25) is 14.5 Å². The molecule has 0 saturated carbocycles. The number of carbonyl (C=O) groups is 2. The maximum Gasteiger partial charge on any atom is 0.251 e. The Labute approximate surface area is 199 Å². The third-order valence-corrected chi connectivity index (χ3v) is 7.58. The van der Waals surface area contributed by atoms with Gasteiger partial charge in [0.15, 0.2) is 5.78 Å². The molecule has 0 spiro atoms. The Bertz CT molecular complexity index is 1120. The van der Waals surface area contributed by atoms with E-state index in [4.69, 9.17) is 0 Å². The molecule has 5 nitrogen and oxygen atoms in total. The number of hydrogen-bond donors (Lipinski definition) is 2. The van der Waals surface area contributed by atoms with Crippen LogP contribution in [0.2, 0.25) is 0 Å². The number of allylic oxidation sites excluding steroid dienone is 1. The Morgan fingerprint density at radius 1 is 1.12 bits per heavy atom. The normalized spacial score (nSPS) is 18.2. The Kier molecular flexibility index (Phi) is 6.65. The van der Waals surface area contributed by atoms with Crippen LogP contribution in [0.5, 0.6) is 0 Å².